The molecule has 0 atom stereocenters. The third-order valence-corrected chi connectivity index (χ3v) is 6.25. The molecule has 4 nitrogen and oxygen atoms in total. The minimum atomic E-state index is -0.944. The first kappa shape index (κ1) is 13.8. The molecule has 3 aromatic rings. The van der Waals surface area contributed by atoms with Crippen LogP contribution in [-0.4, -0.2) is 20.6 Å². The van der Waals surface area contributed by atoms with Gasteiger partial charge >= 0.3 is 5.97 Å². The second kappa shape index (κ2) is 4.98. The van der Waals surface area contributed by atoms with Gasteiger partial charge in [-0.3, -0.25) is 0 Å². The van der Waals surface area contributed by atoms with Crippen molar-refractivity contribution in [2.45, 2.75) is 0 Å². The van der Waals surface area contributed by atoms with E-state index in [0.29, 0.717) is 5.52 Å². The molecule has 3 rings (SSSR count). The van der Waals surface area contributed by atoms with Gasteiger partial charge in [0.05, 0.1) is 25.3 Å². The van der Waals surface area contributed by atoms with E-state index in [9.17, 15) is 4.79 Å². The maximum absolute atomic E-state index is 11.0. The fourth-order valence-corrected chi connectivity index (χ4v) is 4.07. The Kier molecular flexibility index (Phi) is 3.43. The number of imidazole rings is 1. The van der Waals surface area contributed by atoms with E-state index in [4.69, 9.17) is 5.11 Å². The zero-order valence-electron chi connectivity index (χ0n) is 10.2. The molecule has 1 N–H and O–H groups in total. The minimum absolute atomic E-state index is 0.246. The summed E-state index contributed by atoms with van der Waals surface area (Å²) in [5, 5.41) is 9.03. The Morgan fingerprint density at radius 3 is 2.70 bits per heavy atom. The van der Waals surface area contributed by atoms with E-state index < -0.39 is 5.97 Å². The fourth-order valence-electron chi connectivity index (χ4n) is 2.01. The Bertz CT molecular complexity index is 819. The average molecular weight is 416 g/mol. The van der Waals surface area contributed by atoms with Crippen LogP contribution in [0.25, 0.3) is 21.7 Å². The highest BCUT2D eigenvalue weighted by Crippen LogP contribution is 2.38. The molecular weight excluding hydrogens is 408 g/mol. The lowest BCUT2D eigenvalue weighted by Gasteiger charge is -1.99. The number of carbonyl (C=O) groups is 1. The molecule has 0 spiro atoms. The number of carboxylic acids is 1. The zero-order valence-corrected chi connectivity index (χ0v) is 14.2. The molecule has 7 heteroatoms. The average Bonchev–Trinajstić information content (AvgIpc) is 2.91. The van der Waals surface area contributed by atoms with E-state index in [-0.39, 0.29) is 5.56 Å². The van der Waals surface area contributed by atoms with Crippen molar-refractivity contribution < 1.29 is 9.90 Å². The van der Waals surface area contributed by atoms with Gasteiger partial charge in [0.15, 0.2) is 5.82 Å². The number of rotatable bonds is 2. The van der Waals surface area contributed by atoms with E-state index in [1.165, 1.54) is 0 Å². The van der Waals surface area contributed by atoms with Crippen LogP contribution in [-0.2, 0) is 7.05 Å². The molecule has 2 heterocycles. The number of hydrogen-bond donors (Lipinski definition) is 1. The molecular formula is C13H8Br2N2O2S. The summed E-state index contributed by atoms with van der Waals surface area (Å²) in [7, 11) is 1.92. The van der Waals surface area contributed by atoms with Crippen molar-refractivity contribution >= 4 is 60.2 Å². The monoisotopic (exact) mass is 414 g/mol. The fraction of sp³-hybridized carbons (Fsp3) is 0.0769. The predicted molar refractivity (Wildman–Crippen MR) is 86.4 cm³/mol. The van der Waals surface area contributed by atoms with Crippen LogP contribution in [0.1, 0.15) is 10.4 Å². The first-order valence-electron chi connectivity index (χ1n) is 5.62. The van der Waals surface area contributed by atoms with Gasteiger partial charge in [-0.15, -0.1) is 11.3 Å². The lowest BCUT2D eigenvalue weighted by molar-refractivity contribution is 0.0697. The Morgan fingerprint density at radius 2 is 2.10 bits per heavy atom. The number of aromatic carboxylic acids is 1. The van der Waals surface area contributed by atoms with Gasteiger partial charge in [-0.1, -0.05) is 0 Å². The van der Waals surface area contributed by atoms with Crippen LogP contribution < -0.4 is 0 Å². The van der Waals surface area contributed by atoms with E-state index in [0.717, 1.165) is 24.5 Å². The number of aryl methyl sites for hydroxylation is 1. The molecule has 0 unspecified atom stereocenters. The standard InChI is InChI=1S/C13H8Br2N2O2S/c1-17-9-3-2-6(13(18)19)4-8(9)16-12(17)10-5-7(14)11(15)20-10/h2-5H,1H3,(H,18,19). The summed E-state index contributed by atoms with van der Waals surface area (Å²) in [6.07, 6.45) is 0. The smallest absolute Gasteiger partial charge is 0.335 e. The number of nitrogens with zero attached hydrogens (tertiary/aromatic N) is 2. The van der Waals surface area contributed by atoms with Gasteiger partial charge in [-0.25, -0.2) is 9.78 Å². The van der Waals surface area contributed by atoms with Gasteiger partial charge in [0.2, 0.25) is 0 Å². The van der Waals surface area contributed by atoms with E-state index in [1.807, 2.05) is 17.7 Å². The van der Waals surface area contributed by atoms with Crippen molar-refractivity contribution in [2.75, 3.05) is 0 Å². The second-order valence-electron chi connectivity index (χ2n) is 4.24. The SMILES string of the molecule is Cn1c(-c2cc(Br)c(Br)s2)nc2cc(C(=O)O)ccc21. The van der Waals surface area contributed by atoms with Crippen molar-refractivity contribution in [3.05, 3.63) is 38.1 Å². The molecule has 2 aromatic heterocycles. The van der Waals surface area contributed by atoms with E-state index in [1.54, 1.807) is 29.5 Å². The van der Waals surface area contributed by atoms with Crippen LogP contribution in [0.2, 0.25) is 0 Å². The summed E-state index contributed by atoms with van der Waals surface area (Å²) in [4.78, 5) is 16.6. The minimum Gasteiger partial charge on any atom is -0.478 e. The molecule has 102 valence electrons. The van der Waals surface area contributed by atoms with E-state index in [2.05, 4.69) is 36.8 Å². The molecule has 0 saturated carbocycles. The van der Waals surface area contributed by atoms with Crippen molar-refractivity contribution in [1.82, 2.24) is 9.55 Å². The number of aromatic nitrogens is 2. The second-order valence-corrected chi connectivity index (χ2v) is 7.46. The van der Waals surface area contributed by atoms with Crippen molar-refractivity contribution in [1.29, 1.82) is 0 Å². The van der Waals surface area contributed by atoms with Crippen LogP contribution in [0, 0.1) is 0 Å². The van der Waals surface area contributed by atoms with Gasteiger partial charge in [0.1, 0.15) is 0 Å². The van der Waals surface area contributed by atoms with Crippen molar-refractivity contribution in [3.63, 3.8) is 0 Å². The van der Waals surface area contributed by atoms with Crippen LogP contribution in [0.15, 0.2) is 32.5 Å². The highest BCUT2D eigenvalue weighted by molar-refractivity contribution is 9.13. The van der Waals surface area contributed by atoms with Crippen LogP contribution in [0.3, 0.4) is 0 Å². The van der Waals surface area contributed by atoms with Gasteiger partial charge in [-0.05, 0) is 56.1 Å². The molecule has 0 amide bonds. The number of fused-ring (bicyclic) bond motifs is 1. The Morgan fingerprint density at radius 1 is 1.35 bits per heavy atom. The number of hydrogen-bond acceptors (Lipinski definition) is 3. The quantitative estimate of drug-likeness (QED) is 0.669. The summed E-state index contributed by atoms with van der Waals surface area (Å²) >= 11 is 8.51. The predicted octanol–water partition coefficient (Wildman–Crippen LogP) is 4.53. The summed E-state index contributed by atoms with van der Waals surface area (Å²) in [5.74, 6) is -0.125. The van der Waals surface area contributed by atoms with Crippen LogP contribution in [0.4, 0.5) is 0 Å². The normalized spacial score (nSPS) is 11.2. The molecule has 0 aliphatic carbocycles. The molecule has 0 aliphatic heterocycles. The lowest BCUT2D eigenvalue weighted by Crippen LogP contribution is -1.95. The van der Waals surface area contributed by atoms with Crippen molar-refractivity contribution in [2.24, 2.45) is 7.05 Å². The van der Waals surface area contributed by atoms with Crippen LogP contribution >= 0.6 is 43.2 Å². The molecule has 0 bridgehead atoms. The molecule has 20 heavy (non-hydrogen) atoms. The first-order chi connectivity index (χ1) is 9.47. The summed E-state index contributed by atoms with van der Waals surface area (Å²) in [6.45, 7) is 0. The molecule has 1 aromatic carbocycles. The third kappa shape index (κ3) is 2.19. The maximum atomic E-state index is 11.0. The number of benzene rings is 1. The summed E-state index contributed by atoms with van der Waals surface area (Å²) in [6, 6.07) is 6.97. The molecule has 0 radical (unpaired) electrons. The first-order valence-corrected chi connectivity index (χ1v) is 8.02. The Balaban J connectivity index is 2.22. The topological polar surface area (TPSA) is 55.1 Å². The molecule has 0 fully saturated rings. The molecule has 0 saturated heterocycles. The maximum Gasteiger partial charge on any atom is 0.335 e. The van der Waals surface area contributed by atoms with Gasteiger partial charge < -0.3 is 9.67 Å². The highest BCUT2D eigenvalue weighted by Gasteiger charge is 2.15. The summed E-state index contributed by atoms with van der Waals surface area (Å²) in [5.41, 5.74) is 1.84. The zero-order chi connectivity index (χ0) is 14.4. The van der Waals surface area contributed by atoms with E-state index >= 15 is 0 Å². The Hall–Kier alpha value is -1.18. The number of carboxylic acid groups (broad SMARTS) is 1. The van der Waals surface area contributed by atoms with Crippen LogP contribution in [0.5, 0.6) is 0 Å². The summed E-state index contributed by atoms with van der Waals surface area (Å²) < 4.78 is 3.95. The largest absolute Gasteiger partial charge is 0.478 e. The molecule has 0 aliphatic rings. The number of thiophene rings is 1. The number of halogens is 2. The van der Waals surface area contributed by atoms with Gasteiger partial charge in [0.25, 0.3) is 0 Å². The Labute approximate surface area is 135 Å². The van der Waals surface area contributed by atoms with Gasteiger partial charge in [0, 0.05) is 11.5 Å². The lowest BCUT2D eigenvalue weighted by atomic mass is 10.2. The highest BCUT2D eigenvalue weighted by atomic mass is 79.9. The third-order valence-electron chi connectivity index (χ3n) is 2.99. The van der Waals surface area contributed by atoms with Crippen molar-refractivity contribution in [3.8, 4) is 10.7 Å². The van der Waals surface area contributed by atoms with Gasteiger partial charge in [-0.2, -0.15) is 0 Å².